The SMILES string of the molecule is O=C(O)CO[C@H]1[C@@H](O)[C@@H](CO)OC(O)[C@@H]1O. The van der Waals surface area contributed by atoms with Crippen LogP contribution < -0.4 is 0 Å². The van der Waals surface area contributed by atoms with E-state index < -0.39 is 49.9 Å². The normalized spacial score (nSPS) is 39.6. The molecule has 0 radical (unpaired) electrons. The molecule has 0 aromatic rings. The van der Waals surface area contributed by atoms with Gasteiger partial charge >= 0.3 is 5.97 Å². The molecule has 1 heterocycles. The number of aliphatic hydroxyl groups is 4. The maximum absolute atomic E-state index is 10.3. The number of aliphatic carboxylic acids is 1. The van der Waals surface area contributed by atoms with E-state index in [1.54, 1.807) is 0 Å². The molecule has 0 aromatic carbocycles. The van der Waals surface area contributed by atoms with Gasteiger partial charge in [0, 0.05) is 0 Å². The molecule has 16 heavy (non-hydrogen) atoms. The largest absolute Gasteiger partial charge is 0.480 e. The Labute approximate surface area is 90.6 Å². The van der Waals surface area contributed by atoms with Crippen LogP contribution in [0.25, 0.3) is 0 Å². The molecule has 1 aliphatic heterocycles. The van der Waals surface area contributed by atoms with Gasteiger partial charge in [0.25, 0.3) is 0 Å². The van der Waals surface area contributed by atoms with Crippen LogP contribution in [0.4, 0.5) is 0 Å². The van der Waals surface area contributed by atoms with Crippen LogP contribution in [0.15, 0.2) is 0 Å². The van der Waals surface area contributed by atoms with Gasteiger partial charge in [-0.1, -0.05) is 0 Å². The number of hydrogen-bond acceptors (Lipinski definition) is 7. The molecule has 5 atom stereocenters. The monoisotopic (exact) mass is 238 g/mol. The first kappa shape index (κ1) is 13.3. The van der Waals surface area contributed by atoms with Crippen LogP contribution in [0.1, 0.15) is 0 Å². The Kier molecular flexibility index (Phi) is 4.59. The van der Waals surface area contributed by atoms with Gasteiger partial charge in [-0.05, 0) is 0 Å². The van der Waals surface area contributed by atoms with E-state index in [9.17, 15) is 20.1 Å². The smallest absolute Gasteiger partial charge is 0.329 e. The van der Waals surface area contributed by atoms with Crippen molar-refractivity contribution in [1.82, 2.24) is 0 Å². The topological polar surface area (TPSA) is 137 Å². The molecular weight excluding hydrogens is 224 g/mol. The van der Waals surface area contributed by atoms with E-state index in [1.165, 1.54) is 0 Å². The van der Waals surface area contributed by atoms with Gasteiger partial charge in [0.1, 0.15) is 31.0 Å². The molecule has 8 heteroatoms. The number of ether oxygens (including phenoxy) is 2. The Morgan fingerprint density at radius 3 is 2.38 bits per heavy atom. The zero-order chi connectivity index (χ0) is 12.3. The second kappa shape index (κ2) is 5.53. The van der Waals surface area contributed by atoms with Crippen LogP contribution in [0, 0.1) is 0 Å². The highest BCUT2D eigenvalue weighted by molar-refractivity contribution is 5.68. The number of carboxylic acid groups (broad SMARTS) is 1. The maximum Gasteiger partial charge on any atom is 0.329 e. The summed E-state index contributed by atoms with van der Waals surface area (Å²) in [5.74, 6) is -1.28. The molecule has 1 saturated heterocycles. The maximum atomic E-state index is 10.3. The van der Waals surface area contributed by atoms with E-state index in [4.69, 9.17) is 14.9 Å². The van der Waals surface area contributed by atoms with Gasteiger partial charge in [0.05, 0.1) is 6.61 Å². The molecule has 1 unspecified atom stereocenters. The lowest BCUT2D eigenvalue weighted by Crippen LogP contribution is -2.59. The van der Waals surface area contributed by atoms with Crippen molar-refractivity contribution in [3.63, 3.8) is 0 Å². The highest BCUT2D eigenvalue weighted by Crippen LogP contribution is 2.22. The van der Waals surface area contributed by atoms with Gasteiger partial charge in [-0.15, -0.1) is 0 Å². The third-order valence-corrected chi connectivity index (χ3v) is 2.24. The average molecular weight is 238 g/mol. The van der Waals surface area contributed by atoms with Gasteiger partial charge in [-0.3, -0.25) is 0 Å². The molecule has 1 aliphatic rings. The van der Waals surface area contributed by atoms with Crippen molar-refractivity contribution in [3.8, 4) is 0 Å². The van der Waals surface area contributed by atoms with Crippen LogP contribution in [0.5, 0.6) is 0 Å². The summed E-state index contributed by atoms with van der Waals surface area (Å²) >= 11 is 0. The second-order valence-corrected chi connectivity index (χ2v) is 3.40. The third kappa shape index (κ3) is 2.88. The number of carbonyl (C=O) groups is 1. The second-order valence-electron chi connectivity index (χ2n) is 3.40. The first-order chi connectivity index (χ1) is 7.47. The Morgan fingerprint density at radius 1 is 1.25 bits per heavy atom. The molecule has 0 aliphatic carbocycles. The van der Waals surface area contributed by atoms with Crippen LogP contribution in [-0.2, 0) is 14.3 Å². The first-order valence-corrected chi connectivity index (χ1v) is 4.61. The van der Waals surface area contributed by atoms with Gasteiger partial charge in [0.2, 0.25) is 0 Å². The number of rotatable bonds is 4. The summed E-state index contributed by atoms with van der Waals surface area (Å²) in [5, 5.41) is 45.4. The summed E-state index contributed by atoms with van der Waals surface area (Å²) in [5.41, 5.74) is 0. The Morgan fingerprint density at radius 2 is 1.88 bits per heavy atom. The van der Waals surface area contributed by atoms with E-state index >= 15 is 0 Å². The molecular formula is C8H14O8. The van der Waals surface area contributed by atoms with Gasteiger partial charge in [0.15, 0.2) is 6.29 Å². The van der Waals surface area contributed by atoms with Crippen molar-refractivity contribution < 1.29 is 39.8 Å². The molecule has 0 spiro atoms. The van der Waals surface area contributed by atoms with Crippen LogP contribution in [-0.4, -0.2) is 75.4 Å². The fraction of sp³-hybridized carbons (Fsp3) is 0.875. The lowest BCUT2D eigenvalue weighted by atomic mass is 9.99. The van der Waals surface area contributed by atoms with Crippen molar-refractivity contribution >= 4 is 5.97 Å². The van der Waals surface area contributed by atoms with Crippen molar-refractivity contribution in [1.29, 1.82) is 0 Å². The highest BCUT2D eigenvalue weighted by atomic mass is 16.6. The molecule has 0 bridgehead atoms. The molecule has 0 aromatic heterocycles. The quantitative estimate of drug-likeness (QED) is 0.347. The predicted molar refractivity (Wildman–Crippen MR) is 47.4 cm³/mol. The van der Waals surface area contributed by atoms with E-state index in [0.29, 0.717) is 0 Å². The average Bonchev–Trinajstić information content (AvgIpc) is 2.23. The summed E-state index contributed by atoms with van der Waals surface area (Å²) in [6.07, 6.45) is -7.08. The number of hydrogen-bond donors (Lipinski definition) is 5. The van der Waals surface area contributed by atoms with E-state index in [2.05, 4.69) is 4.74 Å². The van der Waals surface area contributed by atoms with Crippen LogP contribution >= 0.6 is 0 Å². The zero-order valence-electron chi connectivity index (χ0n) is 8.26. The Balaban J connectivity index is 2.65. The molecule has 1 rings (SSSR count). The lowest BCUT2D eigenvalue weighted by Gasteiger charge is -2.39. The standard InChI is InChI=1S/C8H14O8/c9-1-3-5(12)7(15-2-4(10)11)6(13)8(14)16-3/h3,5-9,12-14H,1-2H2,(H,10,11)/t3-,5+,6-,7+,8?/m1/s1. The van der Waals surface area contributed by atoms with Crippen molar-refractivity contribution in [3.05, 3.63) is 0 Å². The highest BCUT2D eigenvalue weighted by Gasteiger charge is 2.44. The molecule has 0 amide bonds. The van der Waals surface area contributed by atoms with Crippen molar-refractivity contribution in [2.75, 3.05) is 13.2 Å². The predicted octanol–water partition coefficient (Wildman–Crippen LogP) is -3.11. The Bertz CT molecular complexity index is 244. The van der Waals surface area contributed by atoms with Crippen molar-refractivity contribution in [2.45, 2.75) is 30.7 Å². The summed E-state index contributed by atoms with van der Waals surface area (Å²) in [7, 11) is 0. The summed E-state index contributed by atoms with van der Waals surface area (Å²) in [6.45, 7) is -1.32. The first-order valence-electron chi connectivity index (χ1n) is 4.61. The molecule has 5 N–H and O–H groups in total. The van der Waals surface area contributed by atoms with Gasteiger partial charge < -0.3 is 35.0 Å². The minimum Gasteiger partial charge on any atom is -0.480 e. The van der Waals surface area contributed by atoms with E-state index in [-0.39, 0.29) is 0 Å². The summed E-state index contributed by atoms with van der Waals surface area (Å²) in [4.78, 5) is 10.3. The molecule has 94 valence electrons. The molecule has 1 fully saturated rings. The zero-order valence-corrected chi connectivity index (χ0v) is 8.26. The Hall–Kier alpha value is -0.770. The molecule has 8 nitrogen and oxygen atoms in total. The van der Waals surface area contributed by atoms with E-state index in [1.807, 2.05) is 0 Å². The van der Waals surface area contributed by atoms with Gasteiger partial charge in [-0.2, -0.15) is 0 Å². The van der Waals surface area contributed by atoms with E-state index in [0.717, 1.165) is 0 Å². The fourth-order valence-electron chi connectivity index (χ4n) is 1.43. The van der Waals surface area contributed by atoms with Gasteiger partial charge in [-0.25, -0.2) is 4.79 Å². The molecule has 0 saturated carbocycles. The fourth-order valence-corrected chi connectivity index (χ4v) is 1.43. The summed E-state index contributed by atoms with van der Waals surface area (Å²) in [6, 6.07) is 0. The van der Waals surface area contributed by atoms with Crippen molar-refractivity contribution in [2.24, 2.45) is 0 Å². The number of carboxylic acids is 1. The minimum absolute atomic E-state index is 0.585. The summed E-state index contributed by atoms with van der Waals surface area (Å²) < 4.78 is 9.40. The van der Waals surface area contributed by atoms with Crippen LogP contribution in [0.3, 0.4) is 0 Å². The lowest BCUT2D eigenvalue weighted by molar-refractivity contribution is -0.293. The van der Waals surface area contributed by atoms with Crippen LogP contribution in [0.2, 0.25) is 0 Å². The number of aliphatic hydroxyl groups excluding tert-OH is 4. The third-order valence-electron chi connectivity index (χ3n) is 2.24. The minimum atomic E-state index is -1.64.